The Bertz CT molecular complexity index is 937. The van der Waals surface area contributed by atoms with E-state index in [0.717, 1.165) is 21.1 Å². The van der Waals surface area contributed by atoms with Crippen LogP contribution in [0.5, 0.6) is 11.5 Å². The summed E-state index contributed by atoms with van der Waals surface area (Å²) in [5.74, 6) is 2.06. The van der Waals surface area contributed by atoms with E-state index in [4.69, 9.17) is 9.47 Å². The molecule has 0 saturated carbocycles. The van der Waals surface area contributed by atoms with Crippen molar-refractivity contribution in [1.82, 2.24) is 19.8 Å². The molecule has 0 aliphatic heterocycles. The average Bonchev–Trinajstić information content (AvgIpc) is 3.29. The lowest BCUT2D eigenvalue weighted by molar-refractivity contribution is 0.394. The van der Waals surface area contributed by atoms with Crippen molar-refractivity contribution in [2.75, 3.05) is 14.2 Å². The highest BCUT2D eigenvalue weighted by atomic mass is 32.1. The maximum atomic E-state index is 5.32. The highest BCUT2D eigenvalue weighted by Gasteiger charge is 2.16. The highest BCUT2D eigenvalue weighted by molar-refractivity contribution is 7.20. The Morgan fingerprint density at radius 1 is 1.00 bits per heavy atom. The number of hydrogen-bond acceptors (Lipinski definition) is 7. The maximum absolute atomic E-state index is 5.32. The van der Waals surface area contributed by atoms with E-state index < -0.39 is 0 Å². The van der Waals surface area contributed by atoms with Crippen molar-refractivity contribution in [3.8, 4) is 33.5 Å². The Balaban J connectivity index is 1.86. The van der Waals surface area contributed by atoms with Gasteiger partial charge in [-0.1, -0.05) is 11.3 Å². The molecule has 0 saturated heterocycles. The van der Waals surface area contributed by atoms with Crippen molar-refractivity contribution < 1.29 is 9.47 Å². The van der Waals surface area contributed by atoms with Gasteiger partial charge in [0.05, 0.1) is 14.2 Å². The van der Waals surface area contributed by atoms with Gasteiger partial charge in [0.1, 0.15) is 16.5 Å². The number of nitrogens with zero attached hydrogens (tertiary/aromatic N) is 4. The molecule has 0 radical (unpaired) electrons. The first-order chi connectivity index (χ1) is 11.3. The molecule has 0 N–H and O–H groups in total. The van der Waals surface area contributed by atoms with E-state index in [1.54, 1.807) is 30.1 Å². The van der Waals surface area contributed by atoms with Crippen LogP contribution >= 0.6 is 22.7 Å². The van der Waals surface area contributed by atoms with Gasteiger partial charge in [0.25, 0.3) is 0 Å². The van der Waals surface area contributed by atoms with Gasteiger partial charge in [-0.3, -0.25) is 0 Å². The fourth-order valence-electron chi connectivity index (χ4n) is 2.24. The van der Waals surface area contributed by atoms with Crippen LogP contribution in [-0.4, -0.2) is 34.0 Å². The molecule has 0 bridgehead atoms. The lowest BCUT2D eigenvalue weighted by Crippen LogP contribution is -1.93. The number of aromatic nitrogens is 4. The molecule has 3 heterocycles. The first-order valence-corrected chi connectivity index (χ1v) is 8.52. The van der Waals surface area contributed by atoms with Crippen molar-refractivity contribution >= 4 is 27.6 Å². The molecule has 1 aromatic carbocycles. The van der Waals surface area contributed by atoms with E-state index in [9.17, 15) is 0 Å². The van der Waals surface area contributed by atoms with Crippen molar-refractivity contribution in [2.45, 2.75) is 0 Å². The summed E-state index contributed by atoms with van der Waals surface area (Å²) >= 11 is 3.16. The maximum Gasteiger partial charge on any atom is 0.235 e. The largest absolute Gasteiger partial charge is 0.497 e. The van der Waals surface area contributed by atoms with Crippen LogP contribution in [0.4, 0.5) is 0 Å². The van der Waals surface area contributed by atoms with Gasteiger partial charge < -0.3 is 9.47 Å². The minimum Gasteiger partial charge on any atom is -0.497 e. The molecule has 23 heavy (non-hydrogen) atoms. The van der Waals surface area contributed by atoms with Gasteiger partial charge in [0.2, 0.25) is 4.96 Å². The van der Waals surface area contributed by atoms with Crippen LogP contribution in [0.3, 0.4) is 0 Å². The third-order valence-electron chi connectivity index (χ3n) is 3.37. The lowest BCUT2D eigenvalue weighted by Gasteiger charge is -2.06. The smallest absolute Gasteiger partial charge is 0.235 e. The zero-order valence-corrected chi connectivity index (χ0v) is 14.0. The molecular weight excluding hydrogens is 332 g/mol. The lowest BCUT2D eigenvalue weighted by atomic mass is 10.2. The van der Waals surface area contributed by atoms with Crippen molar-refractivity contribution in [3.63, 3.8) is 0 Å². The van der Waals surface area contributed by atoms with E-state index in [2.05, 4.69) is 20.7 Å². The molecule has 4 rings (SSSR count). The topological polar surface area (TPSA) is 61.5 Å². The van der Waals surface area contributed by atoms with Crippen LogP contribution in [0, 0.1) is 0 Å². The predicted octanol–water partition coefficient (Wildman–Crippen LogP) is 3.60. The standard InChI is InChI=1S/C15H12N4O2S2/c1-20-11-5-10(6-12(7-11)21-2)13-16-17-15-19(13)18-14(23-15)9-3-4-22-8-9/h3-8H,1-2H3. The Kier molecular flexibility index (Phi) is 3.47. The summed E-state index contributed by atoms with van der Waals surface area (Å²) in [6, 6.07) is 7.65. The zero-order valence-electron chi connectivity index (χ0n) is 12.4. The van der Waals surface area contributed by atoms with E-state index in [1.165, 1.54) is 11.3 Å². The Hall–Kier alpha value is -2.45. The molecule has 3 aromatic heterocycles. The minimum absolute atomic E-state index is 0.662. The summed E-state index contributed by atoms with van der Waals surface area (Å²) in [4.78, 5) is 0.753. The van der Waals surface area contributed by atoms with Gasteiger partial charge in [-0.25, -0.2) is 0 Å². The van der Waals surface area contributed by atoms with Gasteiger partial charge >= 0.3 is 0 Å². The molecule has 0 aliphatic rings. The van der Waals surface area contributed by atoms with E-state index in [-0.39, 0.29) is 0 Å². The van der Waals surface area contributed by atoms with Crippen LogP contribution in [0.2, 0.25) is 0 Å². The molecule has 0 amide bonds. The van der Waals surface area contributed by atoms with Crippen molar-refractivity contribution in [3.05, 3.63) is 35.0 Å². The molecule has 8 heteroatoms. The monoisotopic (exact) mass is 344 g/mol. The normalized spacial score (nSPS) is 11.0. The Morgan fingerprint density at radius 2 is 1.78 bits per heavy atom. The van der Waals surface area contributed by atoms with Crippen LogP contribution in [0.15, 0.2) is 35.0 Å². The van der Waals surface area contributed by atoms with Gasteiger partial charge in [-0.2, -0.15) is 21.0 Å². The summed E-state index contributed by atoms with van der Waals surface area (Å²) < 4.78 is 12.4. The second kappa shape index (κ2) is 5.64. The first kappa shape index (κ1) is 14.2. The minimum atomic E-state index is 0.662. The molecule has 116 valence electrons. The SMILES string of the molecule is COc1cc(OC)cc(-c2nnc3sc(-c4ccsc4)nn23)c1. The molecular formula is C15H12N4O2S2. The van der Waals surface area contributed by atoms with Crippen LogP contribution in [0.1, 0.15) is 0 Å². The van der Waals surface area contributed by atoms with E-state index >= 15 is 0 Å². The summed E-state index contributed by atoms with van der Waals surface area (Å²) in [7, 11) is 3.24. The number of methoxy groups -OCH3 is 2. The number of thiophene rings is 1. The summed E-state index contributed by atoms with van der Waals surface area (Å²) in [6.45, 7) is 0. The highest BCUT2D eigenvalue weighted by Crippen LogP contribution is 2.32. The number of benzene rings is 1. The second-order valence-electron chi connectivity index (χ2n) is 4.74. The van der Waals surface area contributed by atoms with Gasteiger partial charge in [-0.15, -0.1) is 10.2 Å². The van der Waals surface area contributed by atoms with Crippen LogP contribution in [0.25, 0.3) is 26.9 Å². The quantitative estimate of drug-likeness (QED) is 0.566. The number of hydrogen-bond donors (Lipinski definition) is 0. The summed E-state index contributed by atoms with van der Waals surface area (Å²) in [6.07, 6.45) is 0. The van der Waals surface area contributed by atoms with Crippen LogP contribution < -0.4 is 9.47 Å². The van der Waals surface area contributed by atoms with Crippen molar-refractivity contribution in [1.29, 1.82) is 0 Å². The molecule has 0 fully saturated rings. The Morgan fingerprint density at radius 3 is 2.43 bits per heavy atom. The summed E-state index contributed by atoms with van der Waals surface area (Å²) in [5, 5.41) is 18.1. The predicted molar refractivity (Wildman–Crippen MR) is 90.5 cm³/mol. The third-order valence-corrected chi connectivity index (χ3v) is 5.00. The summed E-state index contributed by atoms with van der Waals surface area (Å²) in [5.41, 5.74) is 1.94. The zero-order chi connectivity index (χ0) is 15.8. The van der Waals surface area contributed by atoms with Crippen molar-refractivity contribution in [2.24, 2.45) is 0 Å². The van der Waals surface area contributed by atoms with E-state index in [1.807, 2.05) is 29.6 Å². The fourth-order valence-corrected chi connectivity index (χ4v) is 3.79. The van der Waals surface area contributed by atoms with Crippen LogP contribution in [-0.2, 0) is 0 Å². The third kappa shape index (κ3) is 2.45. The first-order valence-electron chi connectivity index (χ1n) is 6.77. The molecule has 0 aliphatic carbocycles. The number of ether oxygens (including phenoxy) is 2. The van der Waals surface area contributed by atoms with E-state index in [0.29, 0.717) is 17.3 Å². The van der Waals surface area contributed by atoms with Gasteiger partial charge in [0, 0.05) is 22.6 Å². The Labute approximate surface area is 139 Å². The average molecular weight is 344 g/mol. The molecule has 4 aromatic rings. The van der Waals surface area contributed by atoms with Gasteiger partial charge in [-0.05, 0) is 23.6 Å². The number of fused-ring (bicyclic) bond motifs is 1. The fraction of sp³-hybridized carbons (Fsp3) is 0.133. The second-order valence-corrected chi connectivity index (χ2v) is 6.47. The molecule has 0 spiro atoms. The molecule has 6 nitrogen and oxygen atoms in total. The number of rotatable bonds is 4. The molecule has 0 atom stereocenters. The van der Waals surface area contributed by atoms with Gasteiger partial charge in [0.15, 0.2) is 5.82 Å². The molecule has 0 unspecified atom stereocenters.